The second kappa shape index (κ2) is 26.2. The summed E-state index contributed by atoms with van der Waals surface area (Å²) < 4.78 is 0. The van der Waals surface area contributed by atoms with Crippen LogP contribution in [-0.4, -0.2) is 0 Å². The Bertz CT molecular complexity index is 11.6. The summed E-state index contributed by atoms with van der Waals surface area (Å²) in [5, 5.41) is 0. The van der Waals surface area contributed by atoms with E-state index < -0.39 is 0 Å². The fraction of sp³-hybridized carbons (Fsp3) is 0. The summed E-state index contributed by atoms with van der Waals surface area (Å²) in [5.41, 5.74) is 0. The maximum absolute atomic E-state index is 0. The van der Waals surface area contributed by atoms with Crippen molar-refractivity contribution in [3.05, 3.63) is 0 Å². The van der Waals surface area contributed by atoms with Crippen LogP contribution in [0.15, 0.2) is 0 Å². The van der Waals surface area contributed by atoms with Crippen molar-refractivity contribution in [2.24, 2.45) is 0 Å². The Balaban J connectivity index is 0. The molecular formula is H4CoFLiS. The van der Waals surface area contributed by atoms with Crippen LogP contribution in [0.5, 0.6) is 0 Å². The molecule has 0 rings (SSSR count). The van der Waals surface area contributed by atoms with Gasteiger partial charge in [-0.05, 0) is 0 Å². The van der Waals surface area contributed by atoms with Crippen LogP contribution in [0.4, 0.5) is 4.70 Å². The summed E-state index contributed by atoms with van der Waals surface area (Å²) in [5.74, 6) is 0. The summed E-state index contributed by atoms with van der Waals surface area (Å²) in [4.78, 5) is 0. The molecule has 0 atom stereocenters. The second-order valence-electron chi connectivity index (χ2n) is 0. The topological polar surface area (TPSA) is 0 Å². The van der Waals surface area contributed by atoms with E-state index in [4.69, 9.17) is 0 Å². The molecule has 0 aromatic carbocycles. The Kier molecular flexibility index (Phi) is 354. The van der Waals surface area contributed by atoms with Crippen LogP contribution in [0.2, 0.25) is 0 Å². The van der Waals surface area contributed by atoms with Crippen molar-refractivity contribution in [2.75, 3.05) is 0 Å². The van der Waals surface area contributed by atoms with Crippen molar-refractivity contribution in [1.29, 1.82) is 0 Å². The van der Waals surface area contributed by atoms with E-state index in [1.165, 1.54) is 0 Å². The van der Waals surface area contributed by atoms with Crippen molar-refractivity contribution in [3.8, 4) is 0 Å². The number of hydrogen-bond donors (Lipinski definition) is 0. The maximum atomic E-state index is 0. The third-order valence-electron chi connectivity index (χ3n) is 0. The second-order valence-corrected chi connectivity index (χ2v) is 0. The average Bonchev–Trinajstić information content (AvgIpc) is 0. The number of hydrogen-bond acceptors (Lipinski definition) is 0. The van der Waals surface area contributed by atoms with Gasteiger partial charge in [-0.15, -0.1) is 0 Å². The first kappa shape index (κ1) is 54.0. The fourth-order valence-electron chi connectivity index (χ4n) is 0. The van der Waals surface area contributed by atoms with Gasteiger partial charge in [0, 0.05) is 16.8 Å². The SMILES string of the molecule is F.S.[Co].[H-].[Li+]. The summed E-state index contributed by atoms with van der Waals surface area (Å²) in [6, 6.07) is 0. The van der Waals surface area contributed by atoms with Gasteiger partial charge in [0.1, 0.15) is 0 Å². The van der Waals surface area contributed by atoms with Crippen molar-refractivity contribution in [1.82, 2.24) is 0 Å². The molecular weight excluding hydrogens is 117 g/mol. The third-order valence-corrected chi connectivity index (χ3v) is 0. The molecule has 27 valence electrons. The zero-order valence-corrected chi connectivity index (χ0v) is 4.28. The van der Waals surface area contributed by atoms with Crippen LogP contribution >= 0.6 is 13.5 Å². The van der Waals surface area contributed by atoms with Crippen molar-refractivity contribution >= 4 is 13.5 Å². The van der Waals surface area contributed by atoms with Crippen molar-refractivity contribution in [3.63, 3.8) is 0 Å². The van der Waals surface area contributed by atoms with Crippen molar-refractivity contribution < 1.29 is 41.8 Å². The quantitative estimate of drug-likeness (QED) is 0.308. The van der Waals surface area contributed by atoms with Gasteiger partial charge in [0.15, 0.2) is 0 Å². The van der Waals surface area contributed by atoms with E-state index in [0.717, 1.165) is 0 Å². The Morgan fingerprint density at radius 1 is 1.25 bits per heavy atom. The molecule has 0 saturated heterocycles. The fourth-order valence-corrected chi connectivity index (χ4v) is 0. The zero-order chi connectivity index (χ0) is 0. The first-order chi connectivity index (χ1) is 0. The molecule has 0 aromatic heterocycles. The molecule has 4 heteroatoms. The van der Waals surface area contributed by atoms with Gasteiger partial charge in [-0.1, -0.05) is 0 Å². The normalized spacial score (nSPS) is 0. The van der Waals surface area contributed by atoms with Gasteiger partial charge < -0.3 is 1.43 Å². The van der Waals surface area contributed by atoms with Crippen LogP contribution in [-0.2, 0) is 16.8 Å². The van der Waals surface area contributed by atoms with Gasteiger partial charge in [0.05, 0.1) is 0 Å². The average molecular weight is 121 g/mol. The Labute approximate surface area is 55.4 Å². The minimum Gasteiger partial charge on any atom is -1.00 e. The van der Waals surface area contributed by atoms with Crippen molar-refractivity contribution in [2.45, 2.75) is 0 Å². The molecule has 0 saturated carbocycles. The van der Waals surface area contributed by atoms with Gasteiger partial charge >= 0.3 is 18.9 Å². The molecule has 0 N–H and O–H groups in total. The molecule has 0 fully saturated rings. The first-order valence-corrected chi connectivity index (χ1v) is 0. The Morgan fingerprint density at radius 3 is 1.25 bits per heavy atom. The summed E-state index contributed by atoms with van der Waals surface area (Å²) in [6.45, 7) is 0. The van der Waals surface area contributed by atoms with Gasteiger partial charge in [-0.2, -0.15) is 13.5 Å². The number of halogens is 1. The summed E-state index contributed by atoms with van der Waals surface area (Å²) in [7, 11) is 0. The molecule has 0 aliphatic rings. The summed E-state index contributed by atoms with van der Waals surface area (Å²) in [6.07, 6.45) is 0. The van der Waals surface area contributed by atoms with E-state index in [9.17, 15) is 0 Å². The van der Waals surface area contributed by atoms with E-state index in [2.05, 4.69) is 0 Å². The minimum absolute atomic E-state index is 0. The molecule has 1 radical (unpaired) electrons. The third kappa shape index (κ3) is 10.0. The molecule has 0 bridgehead atoms. The number of rotatable bonds is 0. The predicted octanol–water partition coefficient (Wildman–Crippen LogP) is -2.62. The van der Waals surface area contributed by atoms with Crippen LogP contribution in [0, 0.1) is 0 Å². The maximum Gasteiger partial charge on any atom is 1.00 e. The molecule has 4 heavy (non-hydrogen) atoms. The van der Waals surface area contributed by atoms with Gasteiger partial charge in [-0.3, -0.25) is 4.70 Å². The first-order valence-electron chi connectivity index (χ1n) is 0. The Morgan fingerprint density at radius 2 is 1.25 bits per heavy atom. The van der Waals surface area contributed by atoms with Crippen LogP contribution in [0.3, 0.4) is 0 Å². The molecule has 0 amide bonds. The predicted molar refractivity (Wildman–Crippen MR) is 14.0 cm³/mol. The molecule has 0 nitrogen and oxygen atoms in total. The largest absolute Gasteiger partial charge is 1.00 e. The van der Waals surface area contributed by atoms with Crippen LogP contribution in [0.1, 0.15) is 1.43 Å². The molecule has 0 spiro atoms. The molecule has 0 unspecified atom stereocenters. The van der Waals surface area contributed by atoms with Gasteiger partial charge in [-0.25, -0.2) is 0 Å². The summed E-state index contributed by atoms with van der Waals surface area (Å²) >= 11 is 0. The van der Waals surface area contributed by atoms with E-state index >= 15 is 0 Å². The van der Waals surface area contributed by atoms with E-state index in [1.54, 1.807) is 0 Å². The zero-order valence-electron chi connectivity index (χ0n) is 3.24. The molecule has 0 heterocycles. The smallest absolute Gasteiger partial charge is 1.00 e. The van der Waals surface area contributed by atoms with E-state index in [0.29, 0.717) is 0 Å². The van der Waals surface area contributed by atoms with E-state index in [1.807, 2.05) is 0 Å². The van der Waals surface area contributed by atoms with Gasteiger partial charge in [0.2, 0.25) is 0 Å². The monoisotopic (exact) mass is 121 g/mol. The van der Waals surface area contributed by atoms with E-state index in [-0.39, 0.29) is 55.3 Å². The molecule has 0 aliphatic heterocycles. The minimum atomic E-state index is 0. The molecule has 0 aliphatic carbocycles. The van der Waals surface area contributed by atoms with Crippen LogP contribution in [0.25, 0.3) is 0 Å². The molecule has 0 aromatic rings. The van der Waals surface area contributed by atoms with Gasteiger partial charge in [0.25, 0.3) is 0 Å². The Hall–Kier alpha value is 1.38. The van der Waals surface area contributed by atoms with Crippen LogP contribution < -0.4 is 18.9 Å². The standard InChI is InChI=1S/Co.FH.Li.H2S.H/h;1H;;1H2;/q;;+1;;-1.